The first-order chi connectivity index (χ1) is 10.5. The van der Waals surface area contributed by atoms with E-state index in [4.69, 9.17) is 4.74 Å². The molecule has 0 aromatic heterocycles. The Morgan fingerprint density at radius 2 is 1.82 bits per heavy atom. The number of ether oxygens (including phenoxy) is 1. The minimum Gasteiger partial charge on any atom is -0.492 e. The maximum absolute atomic E-state index is 12.6. The fraction of sp³-hybridized carbons (Fsp3) is 0.316. The lowest BCUT2D eigenvalue weighted by atomic mass is 9.95. The fourth-order valence-electron chi connectivity index (χ4n) is 3.10. The molecule has 0 fully saturated rings. The van der Waals surface area contributed by atoms with E-state index in [0.717, 1.165) is 34.5 Å². The summed E-state index contributed by atoms with van der Waals surface area (Å²) in [6, 6.07) is 12.1. The number of rotatable bonds is 2. The average molecular weight is 295 g/mol. The third-order valence-electron chi connectivity index (χ3n) is 4.17. The van der Waals surface area contributed by atoms with Crippen molar-refractivity contribution in [2.24, 2.45) is 5.92 Å². The van der Waals surface area contributed by atoms with E-state index in [1.165, 1.54) is 5.56 Å². The highest BCUT2D eigenvalue weighted by Crippen LogP contribution is 2.28. The molecule has 0 unspecified atom stereocenters. The summed E-state index contributed by atoms with van der Waals surface area (Å²) in [4.78, 5) is 12.6. The predicted octanol–water partition coefficient (Wildman–Crippen LogP) is 3.80. The molecular weight excluding hydrogens is 274 g/mol. The number of amides is 1. The lowest BCUT2D eigenvalue weighted by molar-refractivity contribution is -0.121. The highest BCUT2D eigenvalue weighted by Gasteiger charge is 2.26. The molecule has 22 heavy (non-hydrogen) atoms. The smallest absolute Gasteiger partial charge is 0.231 e. The molecular formula is C19H21NO2. The third kappa shape index (κ3) is 2.84. The number of anilines is 1. The van der Waals surface area contributed by atoms with Crippen LogP contribution in [0.4, 0.5) is 5.69 Å². The van der Waals surface area contributed by atoms with Gasteiger partial charge in [-0.1, -0.05) is 35.9 Å². The monoisotopic (exact) mass is 295 g/mol. The Kier molecular flexibility index (Phi) is 3.88. The normalized spacial score (nSPS) is 16.6. The van der Waals surface area contributed by atoms with Crippen molar-refractivity contribution in [1.29, 1.82) is 0 Å². The highest BCUT2D eigenvalue weighted by molar-refractivity contribution is 5.94. The summed E-state index contributed by atoms with van der Waals surface area (Å²) in [6.07, 6.45) is 0.728. The van der Waals surface area contributed by atoms with Crippen molar-refractivity contribution in [3.63, 3.8) is 0 Å². The molecule has 0 saturated carbocycles. The van der Waals surface area contributed by atoms with Crippen molar-refractivity contribution in [2.75, 3.05) is 11.9 Å². The topological polar surface area (TPSA) is 38.3 Å². The summed E-state index contributed by atoms with van der Waals surface area (Å²) in [5.41, 5.74) is 5.44. The Morgan fingerprint density at radius 3 is 2.55 bits per heavy atom. The number of aryl methyl sites for hydroxylation is 3. The number of fused-ring (bicyclic) bond motifs is 1. The number of nitrogens with one attached hydrogen (secondary N) is 1. The van der Waals surface area contributed by atoms with E-state index in [2.05, 4.69) is 24.4 Å². The van der Waals surface area contributed by atoms with Gasteiger partial charge in [-0.25, -0.2) is 0 Å². The number of carbonyl (C=O) groups is 1. The van der Waals surface area contributed by atoms with Gasteiger partial charge in [-0.3, -0.25) is 4.79 Å². The van der Waals surface area contributed by atoms with Crippen LogP contribution in [0.1, 0.15) is 22.3 Å². The first-order valence-corrected chi connectivity index (χ1v) is 7.64. The molecule has 1 heterocycles. The van der Waals surface area contributed by atoms with E-state index in [-0.39, 0.29) is 11.8 Å². The van der Waals surface area contributed by atoms with Gasteiger partial charge < -0.3 is 10.1 Å². The molecule has 2 aromatic carbocycles. The maximum atomic E-state index is 12.6. The van der Waals surface area contributed by atoms with Crippen molar-refractivity contribution in [3.8, 4) is 5.75 Å². The second-order valence-corrected chi connectivity index (χ2v) is 6.08. The molecule has 1 atom stereocenters. The second-order valence-electron chi connectivity index (χ2n) is 6.08. The number of benzene rings is 2. The van der Waals surface area contributed by atoms with E-state index in [9.17, 15) is 4.79 Å². The van der Waals surface area contributed by atoms with Crippen molar-refractivity contribution in [1.82, 2.24) is 0 Å². The van der Waals surface area contributed by atoms with E-state index in [0.29, 0.717) is 6.61 Å². The Balaban J connectivity index is 1.77. The molecule has 114 valence electrons. The number of hydrogen-bond donors (Lipinski definition) is 1. The molecule has 1 aliphatic heterocycles. The van der Waals surface area contributed by atoms with Crippen LogP contribution < -0.4 is 10.1 Å². The van der Waals surface area contributed by atoms with Crippen molar-refractivity contribution in [2.45, 2.75) is 27.2 Å². The molecule has 3 heteroatoms. The quantitative estimate of drug-likeness (QED) is 0.915. The van der Waals surface area contributed by atoms with Crippen molar-refractivity contribution < 1.29 is 9.53 Å². The van der Waals surface area contributed by atoms with Gasteiger partial charge in [-0.05, 0) is 49.9 Å². The van der Waals surface area contributed by atoms with Crippen molar-refractivity contribution in [3.05, 3.63) is 58.7 Å². The molecule has 1 amide bonds. The zero-order chi connectivity index (χ0) is 15.7. The third-order valence-corrected chi connectivity index (χ3v) is 4.17. The van der Waals surface area contributed by atoms with Crippen LogP contribution in [0.2, 0.25) is 0 Å². The molecule has 1 N–H and O–H groups in total. The Hall–Kier alpha value is -2.29. The minimum atomic E-state index is -0.144. The van der Waals surface area contributed by atoms with Gasteiger partial charge in [0.15, 0.2) is 0 Å². The fourth-order valence-corrected chi connectivity index (χ4v) is 3.10. The van der Waals surface area contributed by atoms with Crippen LogP contribution in [0.15, 0.2) is 36.4 Å². The Bertz CT molecular complexity index is 698. The van der Waals surface area contributed by atoms with Gasteiger partial charge in [-0.2, -0.15) is 0 Å². The molecule has 0 aliphatic carbocycles. The van der Waals surface area contributed by atoms with Gasteiger partial charge in [-0.15, -0.1) is 0 Å². The van der Waals surface area contributed by atoms with Crippen LogP contribution >= 0.6 is 0 Å². The van der Waals surface area contributed by atoms with Crippen LogP contribution in [0.3, 0.4) is 0 Å². The molecule has 0 spiro atoms. The summed E-state index contributed by atoms with van der Waals surface area (Å²) < 4.78 is 5.71. The largest absolute Gasteiger partial charge is 0.492 e. The van der Waals surface area contributed by atoms with Crippen LogP contribution in [-0.2, 0) is 11.2 Å². The van der Waals surface area contributed by atoms with E-state index in [1.54, 1.807) is 0 Å². The van der Waals surface area contributed by atoms with Gasteiger partial charge in [0.1, 0.15) is 12.4 Å². The maximum Gasteiger partial charge on any atom is 0.231 e. The standard InChI is InChI=1S/C19H21NO2/c1-12-8-13(2)18(14(3)9-12)20-19(21)16-10-15-6-4-5-7-17(15)22-11-16/h4-9,16H,10-11H2,1-3H3,(H,20,21)/t16-/m0/s1. The summed E-state index contributed by atoms with van der Waals surface area (Å²) in [5.74, 6) is 0.786. The van der Waals surface area contributed by atoms with Crippen LogP contribution in [0.25, 0.3) is 0 Å². The first kappa shape index (κ1) is 14.6. The van der Waals surface area contributed by atoms with Gasteiger partial charge in [0.25, 0.3) is 0 Å². The van der Waals surface area contributed by atoms with Gasteiger partial charge in [0.2, 0.25) is 5.91 Å². The number of para-hydroxylation sites is 1. The lowest BCUT2D eigenvalue weighted by Crippen LogP contribution is -2.33. The minimum absolute atomic E-state index is 0.0320. The van der Waals surface area contributed by atoms with Gasteiger partial charge in [0, 0.05) is 5.69 Å². The molecule has 3 rings (SSSR count). The van der Waals surface area contributed by atoms with Crippen LogP contribution in [-0.4, -0.2) is 12.5 Å². The highest BCUT2D eigenvalue weighted by atomic mass is 16.5. The SMILES string of the molecule is Cc1cc(C)c(NC(=O)[C@@H]2COc3ccccc3C2)c(C)c1. The van der Waals surface area contributed by atoms with Crippen LogP contribution in [0.5, 0.6) is 5.75 Å². The summed E-state index contributed by atoms with van der Waals surface area (Å²) in [6.45, 7) is 6.56. The van der Waals surface area contributed by atoms with Gasteiger partial charge in [0.05, 0.1) is 5.92 Å². The number of hydrogen-bond acceptors (Lipinski definition) is 2. The zero-order valence-electron chi connectivity index (χ0n) is 13.3. The van der Waals surface area contributed by atoms with E-state index < -0.39 is 0 Å². The first-order valence-electron chi connectivity index (χ1n) is 7.64. The Labute approximate surface area is 131 Å². The lowest BCUT2D eigenvalue weighted by Gasteiger charge is -2.25. The average Bonchev–Trinajstić information content (AvgIpc) is 2.50. The molecule has 0 radical (unpaired) electrons. The molecule has 1 aliphatic rings. The summed E-state index contributed by atoms with van der Waals surface area (Å²) in [5, 5.41) is 3.09. The molecule has 0 bridgehead atoms. The van der Waals surface area contributed by atoms with Gasteiger partial charge >= 0.3 is 0 Å². The predicted molar refractivity (Wildman–Crippen MR) is 88.4 cm³/mol. The second kappa shape index (κ2) is 5.84. The molecule has 3 nitrogen and oxygen atoms in total. The summed E-state index contributed by atoms with van der Waals surface area (Å²) >= 11 is 0. The van der Waals surface area contributed by atoms with E-state index in [1.807, 2.05) is 38.1 Å². The molecule has 2 aromatic rings. The zero-order valence-corrected chi connectivity index (χ0v) is 13.3. The summed E-state index contributed by atoms with van der Waals surface area (Å²) in [7, 11) is 0. The number of carbonyl (C=O) groups excluding carboxylic acids is 1. The Morgan fingerprint density at radius 1 is 1.14 bits per heavy atom. The van der Waals surface area contributed by atoms with E-state index >= 15 is 0 Å². The molecule has 0 saturated heterocycles. The van der Waals surface area contributed by atoms with Crippen molar-refractivity contribution >= 4 is 11.6 Å². The van der Waals surface area contributed by atoms with Crippen LogP contribution in [0, 0.1) is 26.7 Å².